The molecule has 1 aromatic heterocycles. The predicted octanol–water partition coefficient (Wildman–Crippen LogP) is 3.67. The summed E-state index contributed by atoms with van der Waals surface area (Å²) in [6.07, 6.45) is 1.57. The van der Waals surface area contributed by atoms with Crippen molar-refractivity contribution in [1.82, 2.24) is 9.88 Å². The van der Waals surface area contributed by atoms with Crippen molar-refractivity contribution < 1.29 is 9.53 Å². The fraction of sp³-hybridized carbons (Fsp3) is 0.227. The SMILES string of the molecule is N#C/C(=C\c1ccccc1)C(=O)Nc1nc2ccc(CN3CCOCC3)cc2s1. The van der Waals surface area contributed by atoms with Crippen LogP contribution in [0.4, 0.5) is 5.13 Å². The lowest BCUT2D eigenvalue weighted by Gasteiger charge is -2.26. The number of fused-ring (bicyclic) bond motifs is 1. The molecule has 0 radical (unpaired) electrons. The molecule has 1 N–H and O–H groups in total. The molecule has 0 aliphatic carbocycles. The van der Waals surface area contributed by atoms with Crippen LogP contribution in [0.15, 0.2) is 54.1 Å². The number of nitrogens with one attached hydrogen (secondary N) is 1. The molecule has 1 aliphatic rings. The van der Waals surface area contributed by atoms with Crippen molar-refractivity contribution in [3.05, 3.63) is 65.2 Å². The molecular weight excluding hydrogens is 384 g/mol. The lowest BCUT2D eigenvalue weighted by Crippen LogP contribution is -2.35. The van der Waals surface area contributed by atoms with Crippen LogP contribution in [0.2, 0.25) is 0 Å². The molecule has 146 valence electrons. The third-order valence-electron chi connectivity index (χ3n) is 4.66. The first-order chi connectivity index (χ1) is 14.2. The van der Waals surface area contributed by atoms with Crippen LogP contribution in [0.3, 0.4) is 0 Å². The van der Waals surface area contributed by atoms with Gasteiger partial charge in [0, 0.05) is 19.6 Å². The van der Waals surface area contributed by atoms with Crippen LogP contribution in [0.5, 0.6) is 0 Å². The van der Waals surface area contributed by atoms with Crippen molar-refractivity contribution in [3.63, 3.8) is 0 Å². The molecule has 0 atom stereocenters. The lowest BCUT2D eigenvalue weighted by atomic mass is 10.1. The molecular formula is C22H20N4O2S. The second-order valence-corrected chi connectivity index (χ2v) is 7.77. The van der Waals surface area contributed by atoms with Gasteiger partial charge in [-0.05, 0) is 29.3 Å². The average Bonchev–Trinajstić information content (AvgIpc) is 3.15. The number of carbonyl (C=O) groups is 1. The highest BCUT2D eigenvalue weighted by molar-refractivity contribution is 7.22. The van der Waals surface area contributed by atoms with E-state index in [9.17, 15) is 10.1 Å². The molecule has 1 fully saturated rings. The van der Waals surface area contributed by atoms with Gasteiger partial charge in [0.05, 0.1) is 23.4 Å². The molecule has 2 heterocycles. The normalized spacial score (nSPS) is 15.2. The molecule has 7 heteroatoms. The maximum atomic E-state index is 12.5. The van der Waals surface area contributed by atoms with E-state index in [1.807, 2.05) is 42.5 Å². The summed E-state index contributed by atoms with van der Waals surface area (Å²) in [5, 5.41) is 12.6. The number of hydrogen-bond donors (Lipinski definition) is 1. The van der Waals surface area contributed by atoms with E-state index in [-0.39, 0.29) is 5.57 Å². The summed E-state index contributed by atoms with van der Waals surface area (Å²) in [6, 6.07) is 17.4. The van der Waals surface area contributed by atoms with E-state index in [0.29, 0.717) is 5.13 Å². The highest BCUT2D eigenvalue weighted by Crippen LogP contribution is 2.27. The molecule has 6 nitrogen and oxygen atoms in total. The predicted molar refractivity (Wildman–Crippen MR) is 114 cm³/mol. The number of aromatic nitrogens is 1. The first kappa shape index (κ1) is 19.3. The van der Waals surface area contributed by atoms with Crippen molar-refractivity contribution in [1.29, 1.82) is 5.26 Å². The van der Waals surface area contributed by atoms with Crippen LogP contribution in [-0.2, 0) is 16.1 Å². The Morgan fingerprint density at radius 1 is 1.24 bits per heavy atom. The summed E-state index contributed by atoms with van der Waals surface area (Å²) in [7, 11) is 0. The molecule has 0 bridgehead atoms. The summed E-state index contributed by atoms with van der Waals surface area (Å²) >= 11 is 1.41. The summed E-state index contributed by atoms with van der Waals surface area (Å²) in [5.74, 6) is -0.455. The third kappa shape index (κ3) is 4.87. The zero-order chi connectivity index (χ0) is 20.1. The summed E-state index contributed by atoms with van der Waals surface area (Å²) < 4.78 is 6.41. The van der Waals surface area contributed by atoms with Crippen LogP contribution < -0.4 is 5.32 Å². The van der Waals surface area contributed by atoms with Gasteiger partial charge >= 0.3 is 0 Å². The van der Waals surface area contributed by atoms with Crippen LogP contribution in [-0.4, -0.2) is 42.1 Å². The van der Waals surface area contributed by atoms with E-state index in [1.54, 1.807) is 6.08 Å². The fourth-order valence-electron chi connectivity index (χ4n) is 3.17. The number of carbonyl (C=O) groups excluding carboxylic acids is 1. The Hall–Kier alpha value is -3.05. The molecule has 0 spiro atoms. The molecule has 3 aromatic rings. The number of rotatable bonds is 5. The summed E-state index contributed by atoms with van der Waals surface area (Å²) in [5.41, 5.74) is 2.89. The molecule has 0 unspecified atom stereocenters. The second kappa shape index (κ2) is 8.97. The van der Waals surface area contributed by atoms with Gasteiger partial charge < -0.3 is 4.74 Å². The van der Waals surface area contributed by atoms with E-state index in [1.165, 1.54) is 16.9 Å². The van der Waals surface area contributed by atoms with Gasteiger partial charge in [0.1, 0.15) is 11.6 Å². The number of amides is 1. The van der Waals surface area contributed by atoms with Gasteiger partial charge in [-0.15, -0.1) is 0 Å². The van der Waals surface area contributed by atoms with Crippen LogP contribution in [0.25, 0.3) is 16.3 Å². The van der Waals surface area contributed by atoms with Gasteiger partial charge in [-0.25, -0.2) is 4.98 Å². The number of ether oxygens (including phenoxy) is 1. The van der Waals surface area contributed by atoms with E-state index in [2.05, 4.69) is 27.3 Å². The Bertz CT molecular complexity index is 1080. The molecule has 1 saturated heterocycles. The minimum atomic E-state index is -0.455. The second-order valence-electron chi connectivity index (χ2n) is 6.74. The quantitative estimate of drug-likeness (QED) is 0.518. The minimum absolute atomic E-state index is 0.0449. The highest BCUT2D eigenvalue weighted by Gasteiger charge is 2.14. The minimum Gasteiger partial charge on any atom is -0.379 e. The molecule has 1 amide bonds. The van der Waals surface area contributed by atoms with Crippen molar-refractivity contribution in [2.24, 2.45) is 0 Å². The third-order valence-corrected chi connectivity index (χ3v) is 5.59. The van der Waals surface area contributed by atoms with Gasteiger partial charge in [0.15, 0.2) is 5.13 Å². The van der Waals surface area contributed by atoms with Crippen molar-refractivity contribution in [2.45, 2.75) is 6.54 Å². The van der Waals surface area contributed by atoms with E-state index >= 15 is 0 Å². The molecule has 29 heavy (non-hydrogen) atoms. The Morgan fingerprint density at radius 2 is 2.03 bits per heavy atom. The lowest BCUT2D eigenvalue weighted by molar-refractivity contribution is -0.112. The number of morpholine rings is 1. The van der Waals surface area contributed by atoms with Gasteiger partial charge in [-0.1, -0.05) is 47.7 Å². The zero-order valence-electron chi connectivity index (χ0n) is 15.8. The number of nitriles is 1. The Balaban J connectivity index is 1.48. The van der Waals surface area contributed by atoms with Gasteiger partial charge in [0.25, 0.3) is 5.91 Å². The standard InChI is InChI=1S/C22H20N4O2S/c23-14-18(12-16-4-2-1-3-5-16)21(27)25-22-24-19-7-6-17(13-20(19)29-22)15-26-8-10-28-11-9-26/h1-7,12-13H,8-11,15H2,(H,24,25,27)/b18-12+. The van der Waals surface area contributed by atoms with E-state index in [0.717, 1.165) is 48.6 Å². The summed E-state index contributed by atoms with van der Waals surface area (Å²) in [6.45, 7) is 4.30. The van der Waals surface area contributed by atoms with E-state index in [4.69, 9.17) is 4.74 Å². The van der Waals surface area contributed by atoms with Crippen LogP contribution in [0.1, 0.15) is 11.1 Å². The van der Waals surface area contributed by atoms with Crippen molar-refractivity contribution >= 4 is 38.7 Å². The van der Waals surface area contributed by atoms with Gasteiger partial charge in [-0.2, -0.15) is 5.26 Å². The Morgan fingerprint density at radius 3 is 2.79 bits per heavy atom. The Kier molecular flexibility index (Phi) is 5.96. The maximum absolute atomic E-state index is 12.5. The highest BCUT2D eigenvalue weighted by atomic mass is 32.1. The van der Waals surface area contributed by atoms with Gasteiger partial charge in [-0.3, -0.25) is 15.0 Å². The number of nitrogens with zero attached hydrogens (tertiary/aromatic N) is 3. The van der Waals surface area contributed by atoms with Crippen LogP contribution >= 0.6 is 11.3 Å². The van der Waals surface area contributed by atoms with E-state index < -0.39 is 5.91 Å². The number of benzene rings is 2. The first-order valence-corrected chi connectivity index (χ1v) is 10.2. The number of hydrogen-bond acceptors (Lipinski definition) is 6. The molecule has 1 aliphatic heterocycles. The molecule has 2 aromatic carbocycles. The number of anilines is 1. The monoisotopic (exact) mass is 404 g/mol. The Labute approximate surface area is 173 Å². The maximum Gasteiger partial charge on any atom is 0.268 e. The zero-order valence-corrected chi connectivity index (χ0v) is 16.6. The summed E-state index contributed by atoms with van der Waals surface area (Å²) in [4.78, 5) is 19.3. The fourth-order valence-corrected chi connectivity index (χ4v) is 4.09. The number of thiazole rings is 1. The largest absolute Gasteiger partial charge is 0.379 e. The smallest absolute Gasteiger partial charge is 0.268 e. The van der Waals surface area contributed by atoms with Crippen molar-refractivity contribution in [3.8, 4) is 6.07 Å². The molecule has 4 rings (SSSR count). The average molecular weight is 404 g/mol. The van der Waals surface area contributed by atoms with Gasteiger partial charge in [0.2, 0.25) is 0 Å². The van der Waals surface area contributed by atoms with Crippen LogP contribution in [0, 0.1) is 11.3 Å². The first-order valence-electron chi connectivity index (χ1n) is 9.39. The van der Waals surface area contributed by atoms with Crippen molar-refractivity contribution in [2.75, 3.05) is 31.6 Å². The molecule has 0 saturated carbocycles. The topological polar surface area (TPSA) is 78.2 Å².